The topological polar surface area (TPSA) is 121 Å². The van der Waals surface area contributed by atoms with Crippen LogP contribution < -0.4 is 0 Å². The highest BCUT2D eigenvalue weighted by Gasteiger charge is 2.34. The molecule has 0 radical (unpaired) electrons. The summed E-state index contributed by atoms with van der Waals surface area (Å²) in [7, 11) is 0. The molecule has 4 aromatic carbocycles. The Kier molecular flexibility index (Phi) is 9.39. The van der Waals surface area contributed by atoms with Crippen molar-refractivity contribution in [3.8, 4) is 45.6 Å². The molecular weight excluding hydrogens is 657 g/mol. The molecule has 2 aliphatic rings. The third kappa shape index (κ3) is 5.31. The maximum absolute atomic E-state index is 12.4. The first-order chi connectivity index (χ1) is 21.9. The normalized spacial score (nSPS) is 16.8. The molecule has 0 unspecified atom stereocenters. The van der Waals surface area contributed by atoms with Crippen LogP contribution in [0.15, 0.2) is 12.1 Å². The molecule has 0 spiro atoms. The van der Waals surface area contributed by atoms with Gasteiger partial charge in [0, 0.05) is 44.2 Å². The van der Waals surface area contributed by atoms with Gasteiger partial charge < -0.3 is 30.6 Å². The van der Waals surface area contributed by atoms with E-state index in [-0.39, 0.29) is 55.5 Å². The van der Waals surface area contributed by atoms with E-state index in [9.17, 15) is 30.6 Å². The third-order valence-corrected chi connectivity index (χ3v) is 15.0. The molecule has 0 atom stereocenters. The first kappa shape index (κ1) is 33.5. The molecule has 0 aliphatic carbocycles. The zero-order valence-electron chi connectivity index (χ0n) is 27.0. The van der Waals surface area contributed by atoms with Gasteiger partial charge in [-0.2, -0.15) is 0 Å². The van der Waals surface area contributed by atoms with Gasteiger partial charge in [-0.15, -0.1) is 47.0 Å². The van der Waals surface area contributed by atoms with Crippen molar-refractivity contribution in [2.45, 2.75) is 75.4 Å². The molecule has 2 fully saturated rings. The molecule has 6 N–H and O–H groups in total. The van der Waals surface area contributed by atoms with Crippen LogP contribution in [0.5, 0.6) is 34.5 Å². The van der Waals surface area contributed by atoms with Crippen LogP contribution in [0.4, 0.5) is 0 Å². The van der Waals surface area contributed by atoms with Gasteiger partial charge in [0.05, 0.1) is 9.16 Å². The smallest absolute Gasteiger partial charge is 0.163 e. The van der Waals surface area contributed by atoms with Crippen LogP contribution in [0.2, 0.25) is 0 Å². The average molecular weight is 699 g/mol. The number of phenols is 6. The Hall–Kier alpha value is -2.40. The van der Waals surface area contributed by atoms with Crippen LogP contribution in [0.1, 0.15) is 94.9 Å². The molecule has 46 heavy (non-hydrogen) atoms. The van der Waals surface area contributed by atoms with Crippen molar-refractivity contribution < 1.29 is 30.6 Å². The molecule has 6 rings (SSSR count). The summed E-state index contributed by atoms with van der Waals surface area (Å²) in [6, 6.07) is 3.90. The molecule has 0 aromatic heterocycles. The average Bonchev–Trinajstić information content (AvgIpc) is 3.01. The van der Waals surface area contributed by atoms with E-state index in [0.717, 1.165) is 35.9 Å². The fourth-order valence-electron chi connectivity index (χ4n) is 7.14. The number of hydrogen-bond acceptors (Lipinski definition) is 10. The number of aromatic hydroxyl groups is 6. The van der Waals surface area contributed by atoms with Crippen LogP contribution in [0.25, 0.3) is 32.7 Å². The minimum atomic E-state index is -0.205. The van der Waals surface area contributed by atoms with E-state index < -0.39 is 0 Å². The van der Waals surface area contributed by atoms with Crippen molar-refractivity contribution in [1.82, 2.24) is 0 Å². The van der Waals surface area contributed by atoms with E-state index >= 15 is 0 Å². The van der Waals surface area contributed by atoms with Gasteiger partial charge in [-0.05, 0) is 83.4 Å². The molecule has 6 nitrogen and oxygen atoms in total. The number of thioether (sulfide) groups is 4. The first-order valence-electron chi connectivity index (χ1n) is 15.8. The summed E-state index contributed by atoms with van der Waals surface area (Å²) < 4.78 is -0.367. The lowest BCUT2D eigenvalue weighted by molar-refractivity contribution is 0.395. The van der Waals surface area contributed by atoms with E-state index in [4.69, 9.17) is 0 Å². The highest BCUT2D eigenvalue weighted by molar-refractivity contribution is 8.17. The third-order valence-electron chi connectivity index (χ3n) is 9.11. The molecule has 2 aliphatic heterocycles. The van der Waals surface area contributed by atoms with E-state index in [1.165, 1.54) is 0 Å². The Balaban J connectivity index is 1.75. The van der Waals surface area contributed by atoms with Gasteiger partial charge in [0.25, 0.3) is 0 Å². The van der Waals surface area contributed by atoms with Gasteiger partial charge in [-0.1, -0.05) is 39.8 Å². The van der Waals surface area contributed by atoms with Crippen LogP contribution in [-0.4, -0.2) is 53.7 Å². The number of rotatable bonds is 5. The number of phenolic OH excluding ortho intramolecular Hbond substituents is 6. The summed E-state index contributed by atoms with van der Waals surface area (Å²) in [5.41, 5.74) is 4.46. The van der Waals surface area contributed by atoms with Gasteiger partial charge >= 0.3 is 0 Å². The Bertz CT molecular complexity index is 1720. The van der Waals surface area contributed by atoms with Crippen LogP contribution >= 0.6 is 47.0 Å². The standard InChI is InChI=1S/C36H42O6S4/c1-15(2)21-19-13-17(5)23(29(37)25(19)27(33(41)31(21)39)35-43-9-7-10-44-35)24-18(6)14-20-22(16(3)4)32(40)34(42)28(26(20)30(24)38)36-45-11-8-12-46-36/h13-16,35-42H,7-12H2,1-6H3. The van der Waals surface area contributed by atoms with E-state index in [2.05, 4.69) is 0 Å². The molecule has 0 bridgehead atoms. The number of hydrogen-bond donors (Lipinski definition) is 6. The Morgan fingerprint density at radius 3 is 1.15 bits per heavy atom. The molecule has 4 aromatic rings. The van der Waals surface area contributed by atoms with Crippen molar-refractivity contribution in [3.05, 3.63) is 45.5 Å². The summed E-state index contributed by atoms with van der Waals surface area (Å²) in [5.74, 6) is 2.55. The second kappa shape index (κ2) is 12.9. The second-order valence-corrected chi connectivity index (χ2v) is 18.3. The fourth-order valence-corrected chi connectivity index (χ4v) is 13.1. The van der Waals surface area contributed by atoms with E-state index in [1.54, 1.807) is 47.0 Å². The van der Waals surface area contributed by atoms with E-state index in [1.807, 2.05) is 53.7 Å². The summed E-state index contributed by atoms with van der Waals surface area (Å²) in [5, 5.41) is 72.7. The largest absolute Gasteiger partial charge is 0.507 e. The maximum Gasteiger partial charge on any atom is 0.163 e. The monoisotopic (exact) mass is 698 g/mol. The van der Waals surface area contributed by atoms with Gasteiger partial charge in [0.15, 0.2) is 23.0 Å². The van der Waals surface area contributed by atoms with Crippen molar-refractivity contribution in [1.29, 1.82) is 0 Å². The summed E-state index contributed by atoms with van der Waals surface area (Å²) in [6.45, 7) is 11.6. The summed E-state index contributed by atoms with van der Waals surface area (Å²) in [6.07, 6.45) is 2.09. The van der Waals surface area contributed by atoms with Crippen LogP contribution in [0.3, 0.4) is 0 Å². The molecule has 0 amide bonds. The fraction of sp³-hybridized carbons (Fsp3) is 0.444. The minimum absolute atomic E-state index is 0.0539. The molecule has 246 valence electrons. The highest BCUT2D eigenvalue weighted by atomic mass is 32.2. The van der Waals surface area contributed by atoms with Gasteiger partial charge in [-0.25, -0.2) is 0 Å². The van der Waals surface area contributed by atoms with Crippen molar-refractivity contribution in [2.75, 3.05) is 23.0 Å². The highest BCUT2D eigenvalue weighted by Crippen LogP contribution is 2.60. The maximum atomic E-state index is 12.4. The van der Waals surface area contributed by atoms with Crippen LogP contribution in [-0.2, 0) is 0 Å². The molecule has 2 heterocycles. The molecule has 2 saturated heterocycles. The van der Waals surface area contributed by atoms with Gasteiger partial charge in [0.2, 0.25) is 0 Å². The van der Waals surface area contributed by atoms with Crippen molar-refractivity contribution in [3.63, 3.8) is 0 Å². The molecule has 0 saturated carbocycles. The van der Waals surface area contributed by atoms with E-state index in [0.29, 0.717) is 66.1 Å². The second-order valence-electron chi connectivity index (χ2n) is 12.9. The minimum Gasteiger partial charge on any atom is -0.507 e. The van der Waals surface area contributed by atoms with Crippen LogP contribution in [0, 0.1) is 13.8 Å². The quantitative estimate of drug-likeness (QED) is 0.112. The Labute approximate surface area is 287 Å². The zero-order valence-corrected chi connectivity index (χ0v) is 30.3. The number of aryl methyl sites for hydroxylation is 2. The molecule has 10 heteroatoms. The predicted octanol–water partition coefficient (Wildman–Crippen LogP) is 10.5. The lowest BCUT2D eigenvalue weighted by Gasteiger charge is -2.29. The van der Waals surface area contributed by atoms with Crippen molar-refractivity contribution in [2.24, 2.45) is 0 Å². The summed E-state index contributed by atoms with van der Waals surface area (Å²) >= 11 is 6.76. The van der Waals surface area contributed by atoms with Gasteiger partial charge in [-0.3, -0.25) is 0 Å². The molecular formula is C36H42O6S4. The van der Waals surface area contributed by atoms with Crippen molar-refractivity contribution >= 4 is 68.6 Å². The predicted molar refractivity (Wildman–Crippen MR) is 199 cm³/mol. The van der Waals surface area contributed by atoms with Gasteiger partial charge in [0.1, 0.15) is 11.5 Å². The summed E-state index contributed by atoms with van der Waals surface area (Å²) in [4.78, 5) is 0. The first-order valence-corrected chi connectivity index (χ1v) is 20.0. The number of benzene rings is 4. The lowest BCUT2D eigenvalue weighted by atomic mass is 9.83. The SMILES string of the molecule is Cc1cc2c(C(C)C)c(O)c(O)c(C3SCCCS3)c2c(O)c1-c1c(C)cc2c(C(C)C)c(O)c(O)c(C3SCCCS3)c2c1O. The zero-order chi connectivity index (χ0) is 33.2. The number of fused-ring (bicyclic) bond motifs is 2. The lowest BCUT2D eigenvalue weighted by Crippen LogP contribution is -2.05. The Morgan fingerprint density at radius 1 is 0.522 bits per heavy atom. The Morgan fingerprint density at radius 2 is 0.848 bits per heavy atom.